The quantitative estimate of drug-likeness (QED) is 0.571. The van der Waals surface area contributed by atoms with Crippen LogP contribution in [0, 0.1) is 24.0 Å². The van der Waals surface area contributed by atoms with Crippen LogP contribution >= 0.6 is 0 Å². The minimum Gasteiger partial charge on any atom is -0.490 e. The fourth-order valence-corrected chi connectivity index (χ4v) is 2.43. The Morgan fingerprint density at radius 3 is 2.76 bits per heavy atom. The Balaban J connectivity index is 1.97. The number of nitrogens with one attached hydrogen (secondary N) is 1. The summed E-state index contributed by atoms with van der Waals surface area (Å²) in [6.07, 6.45) is 1.29. The van der Waals surface area contributed by atoms with Gasteiger partial charge in [-0.15, -0.1) is 0 Å². The Labute approximate surface area is 141 Å². The van der Waals surface area contributed by atoms with E-state index in [0.29, 0.717) is 22.7 Å². The molecule has 1 aromatic carbocycles. The predicted octanol–water partition coefficient (Wildman–Crippen LogP) is 3.01. The number of benzene rings is 1. The number of aromatic nitrogens is 2. The lowest BCUT2D eigenvalue weighted by atomic mass is 10.1. The van der Waals surface area contributed by atoms with Crippen LogP contribution in [0.25, 0.3) is 11.1 Å². The van der Waals surface area contributed by atoms with Crippen molar-refractivity contribution < 1.29 is 18.9 Å². The number of nitrogens with zero attached hydrogens (tertiary/aromatic N) is 3. The highest BCUT2D eigenvalue weighted by Crippen LogP contribution is 2.30. The molecule has 0 aliphatic carbocycles. The molecule has 0 unspecified atom stereocenters. The van der Waals surface area contributed by atoms with E-state index in [4.69, 9.17) is 9.15 Å². The van der Waals surface area contributed by atoms with Crippen molar-refractivity contribution in [1.29, 1.82) is 0 Å². The minimum absolute atomic E-state index is 0.000760. The molecule has 25 heavy (non-hydrogen) atoms. The summed E-state index contributed by atoms with van der Waals surface area (Å²) < 4.78 is 10.5. The van der Waals surface area contributed by atoms with Crippen LogP contribution in [0.2, 0.25) is 0 Å². The molecular formula is C16H14N4O5. The summed E-state index contributed by atoms with van der Waals surface area (Å²) >= 11 is 0. The van der Waals surface area contributed by atoms with Crippen molar-refractivity contribution >= 4 is 28.5 Å². The largest absolute Gasteiger partial charge is 0.490 e. The van der Waals surface area contributed by atoms with Crippen molar-refractivity contribution in [3.63, 3.8) is 0 Å². The molecule has 1 amide bonds. The second-order valence-corrected chi connectivity index (χ2v) is 5.28. The maximum Gasteiger partial charge on any atom is 0.310 e. The van der Waals surface area contributed by atoms with Crippen molar-refractivity contribution in [3.8, 4) is 5.75 Å². The number of hydrogen-bond donors (Lipinski definition) is 1. The second-order valence-electron chi connectivity index (χ2n) is 5.28. The second kappa shape index (κ2) is 6.19. The van der Waals surface area contributed by atoms with Crippen molar-refractivity contribution in [2.75, 3.05) is 12.4 Å². The maximum atomic E-state index is 12.5. The van der Waals surface area contributed by atoms with E-state index in [1.165, 1.54) is 31.6 Å². The summed E-state index contributed by atoms with van der Waals surface area (Å²) in [4.78, 5) is 31.0. The van der Waals surface area contributed by atoms with Crippen LogP contribution in [0.15, 0.2) is 28.9 Å². The van der Waals surface area contributed by atoms with Crippen LogP contribution in [0.1, 0.15) is 21.7 Å². The summed E-state index contributed by atoms with van der Waals surface area (Å²) in [6, 6.07) is 3.87. The monoisotopic (exact) mass is 342 g/mol. The normalized spacial score (nSPS) is 10.7. The maximum absolute atomic E-state index is 12.5. The lowest BCUT2D eigenvalue weighted by Gasteiger charge is -2.07. The third-order valence-electron chi connectivity index (χ3n) is 3.84. The zero-order valence-corrected chi connectivity index (χ0v) is 13.7. The van der Waals surface area contributed by atoms with Crippen LogP contribution in [0.5, 0.6) is 5.75 Å². The number of amides is 1. The van der Waals surface area contributed by atoms with Gasteiger partial charge in [0.05, 0.1) is 17.4 Å². The van der Waals surface area contributed by atoms with Crippen molar-refractivity contribution in [2.45, 2.75) is 13.8 Å². The molecule has 1 N–H and O–H groups in total. The molecule has 0 saturated carbocycles. The Hall–Kier alpha value is -3.49. The zero-order valence-electron chi connectivity index (χ0n) is 13.7. The van der Waals surface area contributed by atoms with Crippen LogP contribution in [0.3, 0.4) is 0 Å². The van der Waals surface area contributed by atoms with Gasteiger partial charge in [0.2, 0.25) is 5.71 Å². The average Bonchev–Trinajstić information content (AvgIpc) is 2.89. The standard InChI is InChI=1S/C16H14N4O5/c1-8-9(2)25-16-13(8)14(17-7-18-16)19-15(21)10-4-5-11(20(22)23)12(6-10)24-3/h4-7H,1-3H3,(H,17,18,19,21). The summed E-state index contributed by atoms with van der Waals surface area (Å²) in [7, 11) is 1.30. The highest BCUT2D eigenvalue weighted by atomic mass is 16.6. The lowest BCUT2D eigenvalue weighted by Crippen LogP contribution is -2.13. The molecule has 0 fully saturated rings. The number of methoxy groups -OCH3 is 1. The highest BCUT2D eigenvalue weighted by Gasteiger charge is 2.20. The van der Waals surface area contributed by atoms with Gasteiger partial charge >= 0.3 is 5.69 Å². The number of anilines is 1. The number of furan rings is 1. The number of fused-ring (bicyclic) bond motifs is 1. The fraction of sp³-hybridized carbons (Fsp3) is 0.188. The van der Waals surface area contributed by atoms with Crippen LogP contribution < -0.4 is 10.1 Å². The molecule has 9 heteroatoms. The Kier molecular flexibility index (Phi) is 4.05. The molecule has 2 aromatic heterocycles. The van der Waals surface area contributed by atoms with Crippen LogP contribution in [-0.2, 0) is 0 Å². The summed E-state index contributed by atoms with van der Waals surface area (Å²) in [6.45, 7) is 3.64. The first-order chi connectivity index (χ1) is 11.9. The molecule has 0 aliphatic heterocycles. The van der Waals surface area contributed by atoms with E-state index in [2.05, 4.69) is 15.3 Å². The number of nitro groups is 1. The number of rotatable bonds is 4. The average molecular weight is 342 g/mol. The molecule has 0 atom stereocenters. The van der Waals surface area contributed by atoms with Crippen molar-refractivity contribution in [3.05, 3.63) is 51.5 Å². The number of carbonyl (C=O) groups excluding carboxylic acids is 1. The SMILES string of the molecule is COc1cc(C(=O)Nc2ncnc3oc(C)c(C)c23)ccc1[N+](=O)[O-]. The van der Waals surface area contributed by atoms with Crippen LogP contribution in [-0.4, -0.2) is 27.9 Å². The van der Waals surface area contributed by atoms with Gasteiger partial charge in [0, 0.05) is 23.3 Å². The Morgan fingerprint density at radius 1 is 1.32 bits per heavy atom. The van der Waals surface area contributed by atoms with Gasteiger partial charge in [-0.25, -0.2) is 9.97 Å². The summed E-state index contributed by atoms with van der Waals surface area (Å²) in [5, 5.41) is 14.2. The van der Waals surface area contributed by atoms with Crippen molar-refractivity contribution in [2.24, 2.45) is 0 Å². The number of carbonyl (C=O) groups is 1. The molecule has 128 valence electrons. The molecule has 0 bridgehead atoms. The first-order valence-electron chi connectivity index (χ1n) is 7.27. The molecule has 3 aromatic rings. The van der Waals surface area contributed by atoms with Crippen molar-refractivity contribution in [1.82, 2.24) is 9.97 Å². The molecule has 9 nitrogen and oxygen atoms in total. The number of aryl methyl sites for hydroxylation is 2. The van der Waals surface area contributed by atoms with E-state index in [1.54, 1.807) is 6.92 Å². The van der Waals surface area contributed by atoms with Gasteiger partial charge in [0.15, 0.2) is 5.75 Å². The van der Waals surface area contributed by atoms with E-state index in [1.807, 2.05) is 6.92 Å². The summed E-state index contributed by atoms with van der Waals surface area (Å²) in [5.74, 6) is 0.511. The molecular weight excluding hydrogens is 328 g/mol. The van der Waals surface area contributed by atoms with E-state index in [9.17, 15) is 14.9 Å². The van der Waals surface area contributed by atoms with E-state index >= 15 is 0 Å². The fourth-order valence-electron chi connectivity index (χ4n) is 2.43. The third-order valence-corrected chi connectivity index (χ3v) is 3.84. The first-order valence-corrected chi connectivity index (χ1v) is 7.27. The van der Waals surface area contributed by atoms with Gasteiger partial charge in [0.1, 0.15) is 17.9 Å². The van der Waals surface area contributed by atoms with Crippen LogP contribution in [0.4, 0.5) is 11.5 Å². The lowest BCUT2D eigenvalue weighted by molar-refractivity contribution is -0.385. The number of ether oxygens (including phenoxy) is 1. The molecule has 2 heterocycles. The molecule has 0 radical (unpaired) electrons. The van der Waals surface area contributed by atoms with Gasteiger partial charge in [-0.2, -0.15) is 0 Å². The van der Waals surface area contributed by atoms with E-state index in [-0.39, 0.29) is 17.0 Å². The molecule has 0 spiro atoms. The van der Waals surface area contributed by atoms with E-state index < -0.39 is 10.8 Å². The van der Waals surface area contributed by atoms with Gasteiger partial charge in [-0.3, -0.25) is 14.9 Å². The molecule has 3 rings (SSSR count). The smallest absolute Gasteiger partial charge is 0.310 e. The highest BCUT2D eigenvalue weighted by molar-refractivity contribution is 6.08. The van der Waals surface area contributed by atoms with E-state index in [0.717, 1.165) is 5.56 Å². The third kappa shape index (κ3) is 2.87. The molecule has 0 saturated heterocycles. The number of nitro benzene ring substituents is 1. The van der Waals surface area contributed by atoms with Gasteiger partial charge in [-0.1, -0.05) is 0 Å². The number of hydrogen-bond acceptors (Lipinski definition) is 7. The first kappa shape index (κ1) is 16.4. The predicted molar refractivity (Wildman–Crippen MR) is 88.9 cm³/mol. The van der Waals surface area contributed by atoms with Gasteiger partial charge in [-0.05, 0) is 19.9 Å². The summed E-state index contributed by atoms with van der Waals surface area (Å²) in [5.41, 5.74) is 1.19. The molecule has 0 aliphatic rings. The minimum atomic E-state index is -0.577. The Morgan fingerprint density at radius 2 is 2.08 bits per heavy atom. The van der Waals surface area contributed by atoms with Gasteiger partial charge in [0.25, 0.3) is 5.91 Å². The zero-order chi connectivity index (χ0) is 18.1. The van der Waals surface area contributed by atoms with Gasteiger partial charge < -0.3 is 14.5 Å². The topological polar surface area (TPSA) is 120 Å². The Bertz CT molecular complexity index is 996.